The zero-order valence-electron chi connectivity index (χ0n) is 16.5. The monoisotopic (exact) mass is 423 g/mol. The molecule has 152 valence electrons. The lowest BCUT2D eigenvalue weighted by Gasteiger charge is -2.26. The number of aryl methyl sites for hydroxylation is 3. The maximum absolute atomic E-state index is 12.9. The van der Waals surface area contributed by atoms with E-state index in [-0.39, 0.29) is 16.8 Å². The van der Waals surface area contributed by atoms with E-state index in [0.717, 1.165) is 21.1 Å². The molecular weight excluding hydrogens is 398 g/mol. The van der Waals surface area contributed by atoms with Crippen molar-refractivity contribution >= 4 is 27.3 Å². The molecular formula is C19H25N3O4S2. The maximum atomic E-state index is 12.9. The molecule has 1 saturated heterocycles. The van der Waals surface area contributed by atoms with Gasteiger partial charge in [0.2, 0.25) is 10.0 Å². The summed E-state index contributed by atoms with van der Waals surface area (Å²) < 4.78 is 32.4. The number of carbonyl (C=O) groups is 1. The van der Waals surface area contributed by atoms with Gasteiger partial charge in [-0.05, 0) is 45.4 Å². The molecule has 7 nitrogen and oxygen atoms in total. The largest absolute Gasteiger partial charge is 0.379 e. The topological polar surface area (TPSA) is 88.6 Å². The summed E-state index contributed by atoms with van der Waals surface area (Å²) in [5, 5.41) is 3.92. The molecule has 0 unspecified atom stereocenters. The van der Waals surface area contributed by atoms with Gasteiger partial charge in [-0.25, -0.2) is 13.4 Å². The first kappa shape index (κ1) is 20.9. The molecule has 0 radical (unpaired) electrons. The number of amides is 1. The molecule has 1 aliphatic rings. The van der Waals surface area contributed by atoms with Gasteiger partial charge in [-0.3, -0.25) is 4.79 Å². The highest BCUT2D eigenvalue weighted by atomic mass is 32.2. The highest BCUT2D eigenvalue weighted by molar-refractivity contribution is 7.89. The molecule has 0 aliphatic carbocycles. The molecule has 0 saturated carbocycles. The first-order chi connectivity index (χ1) is 13.2. The summed E-state index contributed by atoms with van der Waals surface area (Å²) in [4.78, 5) is 18.4. The quantitative estimate of drug-likeness (QED) is 0.799. The second-order valence-corrected chi connectivity index (χ2v) is 10.0. The van der Waals surface area contributed by atoms with Gasteiger partial charge in [0.1, 0.15) is 0 Å². The Bertz CT molecular complexity index is 979. The normalized spacial score (nSPS) is 16.7. The Morgan fingerprint density at radius 1 is 1.25 bits per heavy atom. The van der Waals surface area contributed by atoms with E-state index < -0.39 is 10.0 Å². The second kappa shape index (κ2) is 8.28. The average molecular weight is 424 g/mol. The molecule has 1 aliphatic heterocycles. The van der Waals surface area contributed by atoms with Crippen molar-refractivity contribution in [2.24, 2.45) is 0 Å². The first-order valence-corrected chi connectivity index (χ1v) is 11.4. The van der Waals surface area contributed by atoms with Gasteiger partial charge in [0.05, 0.1) is 34.9 Å². The van der Waals surface area contributed by atoms with Crippen molar-refractivity contribution in [1.29, 1.82) is 0 Å². The number of hydrogen-bond acceptors (Lipinski definition) is 6. The van der Waals surface area contributed by atoms with Crippen LogP contribution in [0.4, 0.5) is 0 Å². The molecule has 1 fully saturated rings. The van der Waals surface area contributed by atoms with Crippen LogP contribution in [-0.2, 0) is 14.8 Å². The Labute approximate surface area is 169 Å². The van der Waals surface area contributed by atoms with Crippen LogP contribution in [0.25, 0.3) is 0 Å². The molecule has 1 N–H and O–H groups in total. The van der Waals surface area contributed by atoms with E-state index >= 15 is 0 Å². The number of carbonyl (C=O) groups excluding carboxylic acids is 1. The fourth-order valence-electron chi connectivity index (χ4n) is 3.23. The summed E-state index contributed by atoms with van der Waals surface area (Å²) in [6.07, 6.45) is 0. The van der Waals surface area contributed by atoms with Gasteiger partial charge in [-0.1, -0.05) is 6.07 Å². The van der Waals surface area contributed by atoms with Gasteiger partial charge in [-0.15, -0.1) is 11.3 Å². The minimum Gasteiger partial charge on any atom is -0.379 e. The van der Waals surface area contributed by atoms with E-state index in [4.69, 9.17) is 4.74 Å². The van der Waals surface area contributed by atoms with Crippen LogP contribution in [0.2, 0.25) is 0 Å². The molecule has 0 bridgehead atoms. The standard InChI is InChI=1S/C19H25N3O4S2/c1-12-5-6-16(28(24,25)22-7-9-26-10-8-22)11-17(12)19(23)21-14(3)18-13(2)20-15(4)27-18/h5-6,11,14H,7-10H2,1-4H3,(H,21,23)/t14-/m1/s1. The Balaban J connectivity index is 1.84. The third-order valence-electron chi connectivity index (χ3n) is 4.74. The predicted octanol–water partition coefficient (Wildman–Crippen LogP) is 2.58. The van der Waals surface area contributed by atoms with E-state index in [1.165, 1.54) is 10.4 Å². The SMILES string of the molecule is Cc1nc(C)c([C@@H](C)NC(=O)c2cc(S(=O)(=O)N3CCOCC3)ccc2C)s1. The van der Waals surface area contributed by atoms with Gasteiger partial charge in [0, 0.05) is 23.5 Å². The fraction of sp³-hybridized carbons (Fsp3) is 0.474. The fourth-order valence-corrected chi connectivity index (χ4v) is 5.60. The van der Waals surface area contributed by atoms with Crippen LogP contribution >= 0.6 is 11.3 Å². The molecule has 2 heterocycles. The van der Waals surface area contributed by atoms with Crippen molar-refractivity contribution in [2.45, 2.75) is 38.6 Å². The number of benzene rings is 1. The van der Waals surface area contributed by atoms with Crippen molar-refractivity contribution in [2.75, 3.05) is 26.3 Å². The number of aromatic nitrogens is 1. The van der Waals surface area contributed by atoms with E-state index in [0.29, 0.717) is 31.9 Å². The number of nitrogens with zero attached hydrogens (tertiary/aromatic N) is 2. The van der Waals surface area contributed by atoms with Crippen LogP contribution in [0.3, 0.4) is 0 Å². The van der Waals surface area contributed by atoms with Crippen LogP contribution in [0, 0.1) is 20.8 Å². The summed E-state index contributed by atoms with van der Waals surface area (Å²) >= 11 is 1.55. The number of thiazole rings is 1. The van der Waals surface area contributed by atoms with Gasteiger partial charge in [0.25, 0.3) is 5.91 Å². The van der Waals surface area contributed by atoms with Crippen LogP contribution in [-0.4, -0.2) is 49.9 Å². The number of ether oxygens (including phenoxy) is 1. The van der Waals surface area contributed by atoms with E-state index in [9.17, 15) is 13.2 Å². The van der Waals surface area contributed by atoms with Crippen LogP contribution in [0.15, 0.2) is 23.1 Å². The van der Waals surface area contributed by atoms with Gasteiger partial charge >= 0.3 is 0 Å². The predicted molar refractivity (Wildman–Crippen MR) is 108 cm³/mol. The molecule has 9 heteroatoms. The molecule has 1 aromatic heterocycles. The van der Waals surface area contributed by atoms with Crippen molar-refractivity contribution in [3.05, 3.63) is 44.9 Å². The summed E-state index contributed by atoms with van der Waals surface area (Å²) in [7, 11) is -3.65. The Morgan fingerprint density at radius 2 is 1.93 bits per heavy atom. The third kappa shape index (κ3) is 4.27. The van der Waals surface area contributed by atoms with Gasteiger partial charge in [-0.2, -0.15) is 4.31 Å². The van der Waals surface area contributed by atoms with Crippen LogP contribution in [0.1, 0.15) is 44.5 Å². The second-order valence-electron chi connectivity index (χ2n) is 6.87. The lowest BCUT2D eigenvalue weighted by atomic mass is 10.1. The van der Waals surface area contributed by atoms with Crippen molar-refractivity contribution in [1.82, 2.24) is 14.6 Å². The number of nitrogens with one attached hydrogen (secondary N) is 1. The Morgan fingerprint density at radius 3 is 2.54 bits per heavy atom. The highest BCUT2D eigenvalue weighted by Gasteiger charge is 2.27. The highest BCUT2D eigenvalue weighted by Crippen LogP contribution is 2.26. The smallest absolute Gasteiger partial charge is 0.252 e. The third-order valence-corrected chi connectivity index (χ3v) is 7.89. The van der Waals surface area contributed by atoms with Crippen molar-refractivity contribution in [3.8, 4) is 0 Å². The minimum atomic E-state index is -3.65. The number of rotatable bonds is 5. The first-order valence-electron chi connectivity index (χ1n) is 9.13. The Hall–Kier alpha value is -1.81. The molecule has 1 atom stereocenters. The summed E-state index contributed by atoms with van der Waals surface area (Å²) in [5.41, 5.74) is 1.98. The van der Waals surface area contributed by atoms with Crippen LogP contribution < -0.4 is 5.32 Å². The minimum absolute atomic E-state index is 0.127. The summed E-state index contributed by atoms with van der Waals surface area (Å²) in [6, 6.07) is 4.48. The van der Waals surface area contributed by atoms with Gasteiger partial charge < -0.3 is 10.1 Å². The molecule has 28 heavy (non-hydrogen) atoms. The van der Waals surface area contributed by atoms with Gasteiger partial charge in [0.15, 0.2) is 0 Å². The number of morpholine rings is 1. The van der Waals surface area contributed by atoms with Crippen molar-refractivity contribution in [3.63, 3.8) is 0 Å². The molecule has 2 aromatic rings. The van der Waals surface area contributed by atoms with Crippen molar-refractivity contribution < 1.29 is 17.9 Å². The van der Waals surface area contributed by atoms with E-state index in [1.54, 1.807) is 30.4 Å². The lowest BCUT2D eigenvalue weighted by Crippen LogP contribution is -2.40. The maximum Gasteiger partial charge on any atom is 0.252 e. The van der Waals surface area contributed by atoms with E-state index in [1.807, 2.05) is 20.8 Å². The number of sulfonamides is 1. The lowest BCUT2D eigenvalue weighted by molar-refractivity contribution is 0.0730. The zero-order chi connectivity index (χ0) is 20.5. The molecule has 1 amide bonds. The van der Waals surface area contributed by atoms with Crippen LogP contribution in [0.5, 0.6) is 0 Å². The summed E-state index contributed by atoms with van der Waals surface area (Å²) in [5.74, 6) is -0.297. The molecule has 3 rings (SSSR count). The zero-order valence-corrected chi connectivity index (χ0v) is 18.1. The van der Waals surface area contributed by atoms with E-state index in [2.05, 4.69) is 10.3 Å². The number of hydrogen-bond donors (Lipinski definition) is 1. The average Bonchev–Trinajstić information content (AvgIpc) is 3.00. The summed E-state index contributed by atoms with van der Waals surface area (Å²) in [6.45, 7) is 8.95. The molecule has 1 aromatic carbocycles. The molecule has 0 spiro atoms. The Kier molecular flexibility index (Phi) is 6.18.